The Kier molecular flexibility index (Phi) is 5.29. The van der Waals surface area contributed by atoms with Gasteiger partial charge in [0.15, 0.2) is 0 Å². The topological polar surface area (TPSA) is 0 Å². The van der Waals surface area contributed by atoms with Gasteiger partial charge in [0.2, 0.25) is 0 Å². The van der Waals surface area contributed by atoms with E-state index in [4.69, 9.17) is 0 Å². The fourth-order valence-corrected chi connectivity index (χ4v) is 2.99. The molecule has 0 bridgehead atoms. The first-order valence-corrected chi connectivity index (χ1v) is 9.27. The van der Waals surface area contributed by atoms with Crippen LogP contribution < -0.4 is 0 Å². The van der Waals surface area contributed by atoms with Gasteiger partial charge in [0, 0.05) is 11.1 Å². The number of rotatable bonds is 0. The Morgan fingerprint density at radius 3 is 1.80 bits per heavy atom. The maximum Gasteiger partial charge on any atom is 0.140 e. The maximum absolute atomic E-state index is 14.4. The molecule has 0 heterocycles. The van der Waals surface area contributed by atoms with Crippen LogP contribution in [0.1, 0.15) is 27.8 Å². The number of aryl methyl sites for hydroxylation is 1. The van der Waals surface area contributed by atoms with Gasteiger partial charge < -0.3 is 0 Å². The van der Waals surface area contributed by atoms with Crippen molar-refractivity contribution < 1.29 is 13.2 Å². The third kappa shape index (κ3) is 4.37. The van der Waals surface area contributed by atoms with Gasteiger partial charge in [0.25, 0.3) is 0 Å². The summed E-state index contributed by atoms with van der Waals surface area (Å²) in [6.45, 7) is 1.80. The highest BCUT2D eigenvalue weighted by atomic mass is 19.1. The summed E-state index contributed by atoms with van der Waals surface area (Å²) in [6, 6.07) is 19.2. The summed E-state index contributed by atoms with van der Waals surface area (Å²) in [7, 11) is 0. The van der Waals surface area contributed by atoms with E-state index in [0.717, 1.165) is 16.3 Å². The smallest absolute Gasteiger partial charge is 0.140 e. The first kappa shape index (κ1) is 19.4. The fraction of sp³-hybridized carbons (Fsp3) is 0.0370. The SMILES string of the molecule is Cc1ccc(C#Cc2ccc(C#Cc3ccc4cc(F)ccc4c3)c(F)c2)c(F)c1. The van der Waals surface area contributed by atoms with Crippen molar-refractivity contribution in [2.24, 2.45) is 0 Å². The maximum atomic E-state index is 14.4. The van der Waals surface area contributed by atoms with Crippen molar-refractivity contribution in [1.82, 2.24) is 0 Å². The molecule has 0 amide bonds. The summed E-state index contributed by atoms with van der Waals surface area (Å²) in [5.74, 6) is 10.1. The summed E-state index contributed by atoms with van der Waals surface area (Å²) in [5, 5.41) is 1.64. The van der Waals surface area contributed by atoms with Gasteiger partial charge in [-0.3, -0.25) is 0 Å². The van der Waals surface area contributed by atoms with E-state index in [1.807, 2.05) is 6.07 Å². The van der Waals surface area contributed by atoms with Crippen LogP contribution in [0.25, 0.3) is 10.8 Å². The van der Waals surface area contributed by atoms with Crippen molar-refractivity contribution in [3.8, 4) is 23.7 Å². The predicted octanol–water partition coefficient (Wildman–Crippen LogP) is 6.37. The molecular formula is C27H15F3. The Labute approximate surface area is 173 Å². The van der Waals surface area contributed by atoms with E-state index in [9.17, 15) is 13.2 Å². The van der Waals surface area contributed by atoms with Crippen LogP contribution in [0.2, 0.25) is 0 Å². The zero-order valence-electron chi connectivity index (χ0n) is 16.1. The van der Waals surface area contributed by atoms with Crippen molar-refractivity contribution in [3.63, 3.8) is 0 Å². The lowest BCUT2D eigenvalue weighted by Crippen LogP contribution is -1.87. The average Bonchev–Trinajstić information content (AvgIpc) is 2.72. The van der Waals surface area contributed by atoms with Gasteiger partial charge in [-0.25, -0.2) is 13.2 Å². The lowest BCUT2D eigenvalue weighted by atomic mass is 10.1. The Bertz CT molecular complexity index is 1390. The Hall–Kier alpha value is -3.95. The highest BCUT2D eigenvalue weighted by molar-refractivity contribution is 5.84. The number of hydrogen-bond acceptors (Lipinski definition) is 0. The van der Waals surface area contributed by atoms with Gasteiger partial charge in [0.1, 0.15) is 17.5 Å². The van der Waals surface area contributed by atoms with Crippen LogP contribution in [0.4, 0.5) is 13.2 Å². The van der Waals surface area contributed by atoms with Crippen molar-refractivity contribution >= 4 is 10.8 Å². The highest BCUT2D eigenvalue weighted by Crippen LogP contribution is 2.17. The number of fused-ring (bicyclic) bond motifs is 1. The molecule has 0 aromatic heterocycles. The van der Waals surface area contributed by atoms with Gasteiger partial charge in [0.05, 0.1) is 11.1 Å². The molecule has 0 aliphatic rings. The predicted molar refractivity (Wildman–Crippen MR) is 113 cm³/mol. The zero-order chi connectivity index (χ0) is 21.1. The molecule has 0 radical (unpaired) electrons. The first-order valence-electron chi connectivity index (χ1n) is 9.27. The van der Waals surface area contributed by atoms with Crippen LogP contribution in [-0.2, 0) is 0 Å². The van der Waals surface area contributed by atoms with Crippen molar-refractivity contribution in [3.05, 3.63) is 118 Å². The van der Waals surface area contributed by atoms with Gasteiger partial charge >= 0.3 is 0 Å². The molecular weight excluding hydrogens is 381 g/mol. The molecule has 30 heavy (non-hydrogen) atoms. The monoisotopic (exact) mass is 396 g/mol. The van der Waals surface area contributed by atoms with E-state index in [1.165, 1.54) is 24.3 Å². The minimum Gasteiger partial charge on any atom is -0.207 e. The second-order valence-corrected chi connectivity index (χ2v) is 6.88. The zero-order valence-corrected chi connectivity index (χ0v) is 16.1. The van der Waals surface area contributed by atoms with E-state index in [-0.39, 0.29) is 16.9 Å². The molecule has 0 spiro atoms. The quantitative estimate of drug-likeness (QED) is 0.303. The lowest BCUT2D eigenvalue weighted by Gasteiger charge is -1.99. The molecule has 0 unspecified atom stereocenters. The van der Waals surface area contributed by atoms with Gasteiger partial charge in [-0.15, -0.1) is 0 Å². The summed E-state index contributed by atoms with van der Waals surface area (Å²) in [6.07, 6.45) is 0. The van der Waals surface area contributed by atoms with Crippen molar-refractivity contribution in [2.45, 2.75) is 6.92 Å². The van der Waals surface area contributed by atoms with Crippen LogP contribution in [-0.4, -0.2) is 0 Å². The standard InChI is InChI=1S/C27H15F3/c1-18-2-7-21(26(29)14-18)9-4-20-5-10-22(27(30)16-20)8-3-19-6-11-24-17-25(28)13-12-23(24)15-19/h2,5-7,10-17H,1H3. The number of halogens is 3. The van der Waals surface area contributed by atoms with E-state index in [1.54, 1.807) is 49.4 Å². The Balaban J connectivity index is 1.58. The third-order valence-corrected chi connectivity index (χ3v) is 4.58. The minimum absolute atomic E-state index is 0.237. The molecule has 0 fully saturated rings. The summed E-state index contributed by atoms with van der Waals surface area (Å²) >= 11 is 0. The molecule has 0 atom stereocenters. The van der Waals surface area contributed by atoms with Gasteiger partial charge in [-0.2, -0.15) is 0 Å². The number of hydrogen-bond donors (Lipinski definition) is 0. The van der Waals surface area contributed by atoms with E-state index >= 15 is 0 Å². The largest absolute Gasteiger partial charge is 0.207 e. The third-order valence-electron chi connectivity index (χ3n) is 4.58. The molecule has 4 aromatic carbocycles. The van der Waals surface area contributed by atoms with Crippen LogP contribution >= 0.6 is 0 Å². The van der Waals surface area contributed by atoms with Crippen LogP contribution in [0.3, 0.4) is 0 Å². The van der Waals surface area contributed by atoms with Crippen LogP contribution in [0.5, 0.6) is 0 Å². The molecule has 0 N–H and O–H groups in total. The molecule has 4 rings (SSSR count). The molecule has 4 aromatic rings. The molecule has 3 heteroatoms. The molecule has 0 nitrogen and oxygen atoms in total. The first-order chi connectivity index (χ1) is 14.5. The molecule has 144 valence electrons. The van der Waals surface area contributed by atoms with Crippen LogP contribution in [0.15, 0.2) is 72.8 Å². The second-order valence-electron chi connectivity index (χ2n) is 6.88. The minimum atomic E-state index is -0.499. The summed E-state index contributed by atoms with van der Waals surface area (Å²) in [4.78, 5) is 0. The van der Waals surface area contributed by atoms with E-state index < -0.39 is 11.6 Å². The Morgan fingerprint density at radius 2 is 1.10 bits per heavy atom. The average molecular weight is 396 g/mol. The van der Waals surface area contributed by atoms with Gasteiger partial charge in [-0.1, -0.05) is 41.9 Å². The normalized spacial score (nSPS) is 10.1. The fourth-order valence-electron chi connectivity index (χ4n) is 2.99. The van der Waals surface area contributed by atoms with Crippen molar-refractivity contribution in [1.29, 1.82) is 0 Å². The molecule has 0 saturated carbocycles. The van der Waals surface area contributed by atoms with Crippen molar-refractivity contribution in [2.75, 3.05) is 0 Å². The van der Waals surface area contributed by atoms with E-state index in [2.05, 4.69) is 23.7 Å². The highest BCUT2D eigenvalue weighted by Gasteiger charge is 2.02. The van der Waals surface area contributed by atoms with Crippen LogP contribution in [0, 0.1) is 48.1 Å². The summed E-state index contributed by atoms with van der Waals surface area (Å²) in [5.41, 5.74) is 2.45. The summed E-state index contributed by atoms with van der Waals surface area (Å²) < 4.78 is 41.6. The molecule has 0 aliphatic heterocycles. The lowest BCUT2D eigenvalue weighted by molar-refractivity contribution is 0.623. The Morgan fingerprint density at radius 1 is 0.533 bits per heavy atom. The van der Waals surface area contributed by atoms with E-state index in [0.29, 0.717) is 11.1 Å². The number of benzene rings is 4. The van der Waals surface area contributed by atoms with Gasteiger partial charge in [-0.05, 0) is 77.9 Å². The molecule has 0 saturated heterocycles. The molecule has 0 aliphatic carbocycles. The second kappa shape index (κ2) is 8.19.